The zero-order valence-corrected chi connectivity index (χ0v) is 21.6. The van der Waals surface area contributed by atoms with Gasteiger partial charge in [0.1, 0.15) is 12.4 Å². The van der Waals surface area contributed by atoms with Crippen molar-refractivity contribution >= 4 is 78.1 Å². The van der Waals surface area contributed by atoms with Crippen molar-refractivity contribution in [1.29, 1.82) is 0 Å². The minimum absolute atomic E-state index is 0.174. The molecule has 1 heterocycles. The number of nitrogens with one attached hydrogen (secondary N) is 1. The summed E-state index contributed by atoms with van der Waals surface area (Å²) < 4.78 is 7.50. The molecule has 32 heavy (non-hydrogen) atoms. The molecule has 0 radical (unpaired) electrons. The van der Waals surface area contributed by atoms with Gasteiger partial charge in [-0.15, -0.1) is 0 Å². The standard InChI is InChI=1S/C24H17Br2ClN2O2S/c1-14-6-8-17(9-7-14)28-24-29-23(30)21(32-24)12-15-10-18(25)22(19(26)11-15)31-13-16-4-2-3-5-20(16)27/h2-12H,13H2,1H3,(H,28,29,30)/b21-12-. The molecule has 0 saturated carbocycles. The molecule has 1 aliphatic rings. The van der Waals surface area contributed by atoms with Crippen LogP contribution in [0, 0.1) is 6.92 Å². The molecule has 4 nitrogen and oxygen atoms in total. The van der Waals surface area contributed by atoms with Gasteiger partial charge in [0.05, 0.1) is 19.5 Å². The fraction of sp³-hybridized carbons (Fsp3) is 0.0833. The van der Waals surface area contributed by atoms with E-state index in [0.29, 0.717) is 27.5 Å². The van der Waals surface area contributed by atoms with Crippen LogP contribution in [-0.4, -0.2) is 11.1 Å². The van der Waals surface area contributed by atoms with Gasteiger partial charge in [0.2, 0.25) is 0 Å². The van der Waals surface area contributed by atoms with Crippen LogP contribution in [0.1, 0.15) is 16.7 Å². The lowest BCUT2D eigenvalue weighted by Crippen LogP contribution is -2.19. The maximum atomic E-state index is 12.4. The molecule has 1 aliphatic heterocycles. The third-order valence-corrected chi connectivity index (χ3v) is 7.02. The average Bonchev–Trinajstić information content (AvgIpc) is 3.09. The number of ether oxygens (including phenoxy) is 1. The number of thioether (sulfide) groups is 1. The monoisotopic (exact) mass is 590 g/mol. The summed E-state index contributed by atoms with van der Waals surface area (Å²) in [5.74, 6) is 0.490. The predicted molar refractivity (Wildman–Crippen MR) is 140 cm³/mol. The van der Waals surface area contributed by atoms with E-state index in [1.54, 1.807) is 0 Å². The molecule has 0 aliphatic carbocycles. The molecule has 1 amide bonds. The van der Waals surface area contributed by atoms with Crippen LogP contribution in [0.25, 0.3) is 6.08 Å². The van der Waals surface area contributed by atoms with E-state index >= 15 is 0 Å². The van der Waals surface area contributed by atoms with Gasteiger partial charge in [-0.1, -0.05) is 47.5 Å². The zero-order chi connectivity index (χ0) is 22.7. The molecule has 0 bridgehead atoms. The normalized spacial score (nSPS) is 15.9. The summed E-state index contributed by atoms with van der Waals surface area (Å²) in [7, 11) is 0. The Morgan fingerprint density at radius 3 is 2.47 bits per heavy atom. The summed E-state index contributed by atoms with van der Waals surface area (Å²) in [6.07, 6.45) is 1.82. The largest absolute Gasteiger partial charge is 0.486 e. The van der Waals surface area contributed by atoms with Crippen molar-refractivity contribution in [3.63, 3.8) is 0 Å². The number of hydrogen-bond acceptors (Lipinski definition) is 4. The number of carbonyl (C=O) groups excluding carboxylic acids is 1. The number of aryl methyl sites for hydroxylation is 1. The van der Waals surface area contributed by atoms with Crippen LogP contribution in [0.4, 0.5) is 5.69 Å². The molecule has 1 saturated heterocycles. The number of carbonyl (C=O) groups is 1. The number of halogens is 3. The maximum absolute atomic E-state index is 12.4. The maximum Gasteiger partial charge on any atom is 0.264 e. The van der Waals surface area contributed by atoms with Crippen molar-refractivity contribution in [1.82, 2.24) is 5.32 Å². The Morgan fingerprint density at radius 1 is 1.09 bits per heavy atom. The summed E-state index contributed by atoms with van der Waals surface area (Å²) >= 11 is 14.7. The second-order valence-corrected chi connectivity index (χ2v) is 10.2. The van der Waals surface area contributed by atoms with Crippen molar-refractivity contribution in [3.05, 3.63) is 96.2 Å². The average molecular weight is 593 g/mol. The fourth-order valence-corrected chi connectivity index (χ4v) is 5.42. The predicted octanol–water partition coefficient (Wildman–Crippen LogP) is 7.64. The van der Waals surface area contributed by atoms with E-state index in [1.807, 2.05) is 73.7 Å². The molecule has 1 N–H and O–H groups in total. The molecular weight excluding hydrogens is 576 g/mol. The summed E-state index contributed by atoms with van der Waals surface area (Å²) in [6.45, 7) is 2.36. The van der Waals surface area contributed by atoms with Crippen LogP contribution in [0.5, 0.6) is 5.75 Å². The number of benzene rings is 3. The minimum Gasteiger partial charge on any atom is -0.486 e. The number of rotatable bonds is 5. The number of hydrogen-bond donors (Lipinski definition) is 1. The van der Waals surface area contributed by atoms with Gasteiger partial charge >= 0.3 is 0 Å². The van der Waals surface area contributed by atoms with E-state index in [-0.39, 0.29) is 5.91 Å². The Labute approximate surface area is 212 Å². The summed E-state index contributed by atoms with van der Waals surface area (Å²) in [5.41, 5.74) is 3.71. The van der Waals surface area contributed by atoms with Gasteiger partial charge in [-0.25, -0.2) is 4.99 Å². The third kappa shape index (κ3) is 5.64. The molecule has 0 unspecified atom stereocenters. The third-order valence-electron chi connectivity index (χ3n) is 4.56. The molecule has 1 fully saturated rings. The molecule has 4 rings (SSSR count). The summed E-state index contributed by atoms with van der Waals surface area (Å²) in [6, 6.07) is 19.2. The van der Waals surface area contributed by atoms with Gasteiger partial charge in [0.25, 0.3) is 5.91 Å². The van der Waals surface area contributed by atoms with Gasteiger partial charge in [-0.2, -0.15) is 0 Å². The van der Waals surface area contributed by atoms with Gasteiger partial charge in [0.15, 0.2) is 5.17 Å². The van der Waals surface area contributed by atoms with Gasteiger partial charge in [0, 0.05) is 10.6 Å². The van der Waals surface area contributed by atoms with Gasteiger partial charge in [-0.05, 0) is 92.5 Å². The number of amides is 1. The minimum atomic E-state index is -0.174. The number of amidine groups is 1. The molecule has 0 spiro atoms. The molecule has 162 valence electrons. The fourth-order valence-electron chi connectivity index (χ4n) is 2.93. The lowest BCUT2D eigenvalue weighted by atomic mass is 10.2. The smallest absolute Gasteiger partial charge is 0.264 e. The van der Waals surface area contributed by atoms with E-state index in [1.165, 1.54) is 11.8 Å². The van der Waals surface area contributed by atoms with Gasteiger partial charge < -0.3 is 10.1 Å². The topological polar surface area (TPSA) is 50.7 Å². The zero-order valence-electron chi connectivity index (χ0n) is 16.9. The number of nitrogens with zero attached hydrogens (tertiary/aromatic N) is 1. The summed E-state index contributed by atoms with van der Waals surface area (Å²) in [4.78, 5) is 17.5. The van der Waals surface area contributed by atoms with Crippen LogP contribution in [0.2, 0.25) is 5.02 Å². The highest BCUT2D eigenvalue weighted by Crippen LogP contribution is 2.37. The highest BCUT2D eigenvalue weighted by atomic mass is 79.9. The second-order valence-electron chi connectivity index (χ2n) is 7.01. The van der Waals surface area contributed by atoms with Crippen LogP contribution < -0.4 is 10.1 Å². The molecule has 0 atom stereocenters. The SMILES string of the molecule is Cc1ccc(N=C2NC(=O)/C(=C/c3cc(Br)c(OCc4ccccc4Cl)c(Br)c3)S2)cc1. The van der Waals surface area contributed by atoms with Crippen LogP contribution in [0.3, 0.4) is 0 Å². The van der Waals surface area contributed by atoms with E-state index < -0.39 is 0 Å². The van der Waals surface area contributed by atoms with Crippen molar-refractivity contribution in [2.24, 2.45) is 4.99 Å². The Balaban J connectivity index is 1.51. The van der Waals surface area contributed by atoms with Crippen LogP contribution in [0.15, 0.2) is 79.5 Å². The Bertz CT molecular complexity index is 1220. The molecular formula is C24H17Br2ClN2O2S. The second kappa shape index (κ2) is 10.3. The first kappa shape index (κ1) is 23.1. The Kier molecular flexibility index (Phi) is 7.40. The van der Waals surface area contributed by atoms with Crippen LogP contribution >= 0.6 is 55.2 Å². The first-order valence-corrected chi connectivity index (χ1v) is 12.4. The van der Waals surface area contributed by atoms with Crippen molar-refractivity contribution in [2.45, 2.75) is 13.5 Å². The van der Waals surface area contributed by atoms with Crippen molar-refractivity contribution in [2.75, 3.05) is 0 Å². The van der Waals surface area contributed by atoms with Crippen molar-refractivity contribution in [3.8, 4) is 5.75 Å². The molecule has 0 aromatic heterocycles. The Hall–Kier alpha value is -2.06. The lowest BCUT2D eigenvalue weighted by molar-refractivity contribution is -0.115. The van der Waals surface area contributed by atoms with E-state index in [9.17, 15) is 4.79 Å². The van der Waals surface area contributed by atoms with E-state index in [2.05, 4.69) is 42.2 Å². The highest BCUT2D eigenvalue weighted by molar-refractivity contribution is 9.11. The molecule has 8 heteroatoms. The number of aliphatic imine (C=N–C) groups is 1. The Morgan fingerprint density at radius 2 is 1.78 bits per heavy atom. The van der Waals surface area contributed by atoms with E-state index in [0.717, 1.165) is 31.3 Å². The first-order chi connectivity index (χ1) is 15.4. The summed E-state index contributed by atoms with van der Waals surface area (Å²) in [5, 5.41) is 4.04. The quantitative estimate of drug-likeness (QED) is 0.310. The first-order valence-electron chi connectivity index (χ1n) is 9.60. The molecule has 3 aromatic rings. The van der Waals surface area contributed by atoms with Gasteiger partial charge in [-0.3, -0.25) is 4.79 Å². The van der Waals surface area contributed by atoms with E-state index in [4.69, 9.17) is 16.3 Å². The lowest BCUT2D eigenvalue weighted by Gasteiger charge is -2.12. The van der Waals surface area contributed by atoms with Crippen LogP contribution in [-0.2, 0) is 11.4 Å². The highest BCUT2D eigenvalue weighted by Gasteiger charge is 2.24. The molecule has 3 aromatic carbocycles. The van der Waals surface area contributed by atoms with Crippen molar-refractivity contribution < 1.29 is 9.53 Å².